The van der Waals surface area contributed by atoms with Crippen molar-refractivity contribution in [3.63, 3.8) is 0 Å². The average molecular weight is 224 g/mol. The Balaban J connectivity index is 2.72. The zero-order valence-electron chi connectivity index (χ0n) is 10.4. The molecular formula is C11H20N4O. The van der Waals surface area contributed by atoms with Crippen LogP contribution in [0.15, 0.2) is 17.1 Å². The molecule has 0 radical (unpaired) electrons. The highest BCUT2D eigenvalue weighted by Gasteiger charge is 2.03. The maximum Gasteiger partial charge on any atom is 0.268 e. The minimum atomic E-state index is -0.0468. The largest absolute Gasteiger partial charge is 0.376 e. The molecule has 1 unspecified atom stereocenters. The third kappa shape index (κ3) is 3.34. The van der Waals surface area contributed by atoms with Crippen LogP contribution < -0.4 is 15.8 Å². The van der Waals surface area contributed by atoms with Gasteiger partial charge in [0.1, 0.15) is 0 Å². The van der Waals surface area contributed by atoms with E-state index < -0.39 is 0 Å². The van der Waals surface area contributed by atoms with Crippen molar-refractivity contribution in [2.45, 2.75) is 25.9 Å². The number of nitrogens with one attached hydrogen (secondary N) is 1. The average Bonchev–Trinajstić information content (AvgIpc) is 2.26. The summed E-state index contributed by atoms with van der Waals surface area (Å²) >= 11 is 0. The molecule has 0 fully saturated rings. The zero-order valence-corrected chi connectivity index (χ0v) is 10.4. The lowest BCUT2D eigenvalue weighted by molar-refractivity contribution is 0.471. The Morgan fingerprint density at radius 3 is 2.75 bits per heavy atom. The lowest BCUT2D eigenvalue weighted by atomic mass is 10.2. The maximum absolute atomic E-state index is 11.7. The maximum atomic E-state index is 11.7. The van der Waals surface area contributed by atoms with Crippen LogP contribution in [0.3, 0.4) is 0 Å². The Morgan fingerprint density at radius 2 is 2.25 bits per heavy atom. The lowest BCUT2D eigenvalue weighted by Crippen LogP contribution is -2.28. The second-order valence-electron chi connectivity index (χ2n) is 4.15. The Kier molecular flexibility index (Phi) is 4.49. The van der Waals surface area contributed by atoms with Gasteiger partial charge in [-0.05, 0) is 20.4 Å². The molecule has 5 nitrogen and oxygen atoms in total. The summed E-state index contributed by atoms with van der Waals surface area (Å²) in [6, 6.07) is 2.00. The topological polar surface area (TPSA) is 50.2 Å². The van der Waals surface area contributed by atoms with Crippen LogP contribution in [0.2, 0.25) is 0 Å². The molecule has 1 aromatic heterocycles. The normalized spacial score (nSPS) is 12.5. The highest BCUT2D eigenvalue weighted by atomic mass is 16.1. The quantitative estimate of drug-likeness (QED) is 0.782. The lowest BCUT2D eigenvalue weighted by Gasteiger charge is -2.13. The number of nitrogens with zero attached hydrogens (tertiary/aromatic N) is 3. The van der Waals surface area contributed by atoms with Gasteiger partial charge in [-0.2, -0.15) is 5.10 Å². The van der Waals surface area contributed by atoms with Gasteiger partial charge in [0.25, 0.3) is 5.56 Å². The second kappa shape index (κ2) is 5.65. The smallest absolute Gasteiger partial charge is 0.268 e. The number of anilines is 1. The third-order valence-corrected chi connectivity index (χ3v) is 2.64. The molecule has 1 N–H and O–H groups in total. The van der Waals surface area contributed by atoms with Crippen LogP contribution in [-0.4, -0.2) is 37.0 Å². The number of aryl methyl sites for hydroxylation is 1. The predicted molar refractivity (Wildman–Crippen MR) is 66.0 cm³/mol. The van der Waals surface area contributed by atoms with Crippen LogP contribution in [0.25, 0.3) is 0 Å². The zero-order chi connectivity index (χ0) is 12.1. The first-order chi connectivity index (χ1) is 7.54. The number of rotatable bonds is 5. The predicted octanol–water partition coefficient (Wildman–Crippen LogP) is 0.307. The van der Waals surface area contributed by atoms with Crippen molar-refractivity contribution in [3.8, 4) is 0 Å². The summed E-state index contributed by atoms with van der Waals surface area (Å²) in [6.07, 6.45) is 2.61. The summed E-state index contributed by atoms with van der Waals surface area (Å²) in [4.78, 5) is 13.6. The van der Waals surface area contributed by atoms with Gasteiger partial charge in [-0.25, -0.2) is 4.68 Å². The SMILES string of the molecule is CNC(C)CCn1ncc(N(C)C)cc1=O. The van der Waals surface area contributed by atoms with Gasteiger partial charge in [-0.3, -0.25) is 4.79 Å². The molecule has 0 saturated heterocycles. The fourth-order valence-corrected chi connectivity index (χ4v) is 1.30. The molecule has 16 heavy (non-hydrogen) atoms. The van der Waals surface area contributed by atoms with E-state index in [9.17, 15) is 4.79 Å². The van der Waals surface area contributed by atoms with Gasteiger partial charge >= 0.3 is 0 Å². The first-order valence-corrected chi connectivity index (χ1v) is 5.46. The van der Waals surface area contributed by atoms with Gasteiger partial charge in [-0.15, -0.1) is 0 Å². The minimum Gasteiger partial charge on any atom is -0.376 e. The Labute approximate surface area is 96.1 Å². The van der Waals surface area contributed by atoms with E-state index in [0.29, 0.717) is 12.6 Å². The Morgan fingerprint density at radius 1 is 1.56 bits per heavy atom. The van der Waals surface area contributed by atoms with Crippen molar-refractivity contribution in [2.24, 2.45) is 0 Å². The van der Waals surface area contributed by atoms with E-state index in [4.69, 9.17) is 0 Å². The molecule has 5 heteroatoms. The summed E-state index contributed by atoms with van der Waals surface area (Å²) in [5.74, 6) is 0. The summed E-state index contributed by atoms with van der Waals surface area (Å²) in [5.41, 5.74) is 0.789. The molecule has 1 aromatic rings. The van der Waals surface area contributed by atoms with Crippen LogP contribution in [0, 0.1) is 0 Å². The van der Waals surface area contributed by atoms with E-state index >= 15 is 0 Å². The van der Waals surface area contributed by atoms with Crippen molar-refractivity contribution < 1.29 is 0 Å². The molecule has 1 rings (SSSR count). The Bertz CT molecular complexity index is 386. The van der Waals surface area contributed by atoms with Crippen LogP contribution in [0.1, 0.15) is 13.3 Å². The molecule has 0 aliphatic carbocycles. The molecule has 0 spiro atoms. The fraction of sp³-hybridized carbons (Fsp3) is 0.636. The van der Waals surface area contributed by atoms with Gasteiger partial charge in [-0.1, -0.05) is 0 Å². The van der Waals surface area contributed by atoms with E-state index in [1.165, 1.54) is 4.68 Å². The molecule has 0 bridgehead atoms. The first kappa shape index (κ1) is 12.7. The molecule has 0 aliphatic heterocycles. The summed E-state index contributed by atoms with van der Waals surface area (Å²) in [5, 5.41) is 7.27. The van der Waals surface area contributed by atoms with Crippen LogP contribution in [-0.2, 0) is 6.54 Å². The third-order valence-electron chi connectivity index (χ3n) is 2.64. The number of hydrogen-bond donors (Lipinski definition) is 1. The summed E-state index contributed by atoms with van der Waals surface area (Å²) in [6.45, 7) is 2.73. The molecule has 1 atom stereocenters. The van der Waals surface area contributed by atoms with Crippen LogP contribution >= 0.6 is 0 Å². The Hall–Kier alpha value is -1.36. The standard InChI is InChI=1S/C11H20N4O/c1-9(12-2)5-6-15-11(16)7-10(8-13-15)14(3)4/h7-9,12H,5-6H2,1-4H3. The summed E-state index contributed by atoms with van der Waals surface area (Å²) < 4.78 is 1.50. The molecule has 1 heterocycles. The van der Waals surface area contributed by atoms with E-state index in [2.05, 4.69) is 17.3 Å². The summed E-state index contributed by atoms with van der Waals surface area (Å²) in [7, 11) is 5.70. The molecule has 0 amide bonds. The number of aromatic nitrogens is 2. The van der Waals surface area contributed by atoms with Gasteiger partial charge in [0, 0.05) is 32.7 Å². The van der Waals surface area contributed by atoms with Crippen molar-refractivity contribution in [2.75, 3.05) is 26.0 Å². The van der Waals surface area contributed by atoms with Crippen molar-refractivity contribution >= 4 is 5.69 Å². The molecule has 0 saturated carbocycles. The monoisotopic (exact) mass is 224 g/mol. The first-order valence-electron chi connectivity index (χ1n) is 5.46. The van der Waals surface area contributed by atoms with Gasteiger partial charge in [0.15, 0.2) is 0 Å². The highest BCUT2D eigenvalue weighted by Crippen LogP contribution is 2.03. The number of hydrogen-bond acceptors (Lipinski definition) is 4. The highest BCUT2D eigenvalue weighted by molar-refractivity contribution is 5.40. The molecule has 0 aromatic carbocycles. The van der Waals surface area contributed by atoms with E-state index in [-0.39, 0.29) is 5.56 Å². The minimum absolute atomic E-state index is 0.0468. The van der Waals surface area contributed by atoms with E-state index in [1.807, 2.05) is 26.0 Å². The van der Waals surface area contributed by atoms with Crippen molar-refractivity contribution in [1.29, 1.82) is 0 Å². The van der Waals surface area contributed by atoms with Gasteiger partial charge in [0.2, 0.25) is 0 Å². The van der Waals surface area contributed by atoms with E-state index in [1.54, 1.807) is 12.3 Å². The second-order valence-corrected chi connectivity index (χ2v) is 4.15. The van der Waals surface area contributed by atoms with Gasteiger partial charge < -0.3 is 10.2 Å². The van der Waals surface area contributed by atoms with E-state index in [0.717, 1.165) is 12.1 Å². The van der Waals surface area contributed by atoms with Crippen LogP contribution in [0.5, 0.6) is 0 Å². The molecular weight excluding hydrogens is 204 g/mol. The fourth-order valence-electron chi connectivity index (χ4n) is 1.30. The van der Waals surface area contributed by atoms with Crippen LogP contribution in [0.4, 0.5) is 5.69 Å². The van der Waals surface area contributed by atoms with Gasteiger partial charge in [0.05, 0.1) is 11.9 Å². The van der Waals surface area contributed by atoms with Crippen molar-refractivity contribution in [3.05, 3.63) is 22.6 Å². The molecule has 0 aliphatic rings. The van der Waals surface area contributed by atoms with Crippen molar-refractivity contribution in [1.82, 2.24) is 15.1 Å². The molecule has 90 valence electrons.